The molecule has 0 radical (unpaired) electrons. The molecule has 0 bridgehead atoms. The zero-order valence-corrected chi connectivity index (χ0v) is 6.03. The number of rotatable bonds is 3. The number of aliphatic carboxylic acids is 1. The van der Waals surface area contributed by atoms with Gasteiger partial charge in [-0.15, -0.1) is 0 Å². The summed E-state index contributed by atoms with van der Waals surface area (Å²) < 4.78 is 17.2. The Morgan fingerprint density at radius 2 is 2.50 bits per heavy atom. The van der Waals surface area contributed by atoms with Crippen molar-refractivity contribution in [3.05, 3.63) is 24.1 Å². The number of pyridine rings is 1. The van der Waals surface area contributed by atoms with Gasteiger partial charge in [0, 0.05) is 6.20 Å². The van der Waals surface area contributed by atoms with Crippen LogP contribution in [0, 0.1) is 5.82 Å². The third-order valence-corrected chi connectivity index (χ3v) is 1.06. The predicted molar refractivity (Wildman–Crippen MR) is 37.3 cm³/mol. The normalized spacial score (nSPS) is 9.42. The van der Waals surface area contributed by atoms with Crippen molar-refractivity contribution in [2.75, 3.05) is 6.61 Å². The van der Waals surface area contributed by atoms with Crippen molar-refractivity contribution in [2.24, 2.45) is 0 Å². The number of hydrogen-bond donors (Lipinski definition) is 1. The van der Waals surface area contributed by atoms with Crippen LogP contribution in [0.15, 0.2) is 18.3 Å². The molecule has 1 aromatic rings. The van der Waals surface area contributed by atoms with Crippen LogP contribution in [0.25, 0.3) is 0 Å². The second kappa shape index (κ2) is 3.66. The predicted octanol–water partition coefficient (Wildman–Crippen LogP) is 0.684. The highest BCUT2D eigenvalue weighted by atomic mass is 19.1. The quantitative estimate of drug-likeness (QED) is 0.726. The number of ether oxygens (including phenoxy) is 1. The summed E-state index contributed by atoms with van der Waals surface area (Å²) in [5.74, 6) is -2.13. The number of carboxylic acid groups (broad SMARTS) is 1. The molecule has 64 valence electrons. The van der Waals surface area contributed by atoms with Gasteiger partial charge in [0.05, 0.1) is 0 Å². The van der Waals surface area contributed by atoms with Gasteiger partial charge in [-0.05, 0) is 12.1 Å². The molecule has 1 rings (SSSR count). The van der Waals surface area contributed by atoms with Crippen LogP contribution in [0.1, 0.15) is 0 Å². The molecular formula is C7H6FNO3. The minimum absolute atomic E-state index is 0.292. The van der Waals surface area contributed by atoms with Gasteiger partial charge >= 0.3 is 5.97 Å². The first-order valence-corrected chi connectivity index (χ1v) is 3.15. The van der Waals surface area contributed by atoms with Gasteiger partial charge in [0.25, 0.3) is 5.88 Å². The van der Waals surface area contributed by atoms with Gasteiger partial charge in [0.1, 0.15) is 0 Å². The lowest BCUT2D eigenvalue weighted by Crippen LogP contribution is -2.10. The number of carboxylic acids is 1. The SMILES string of the molecule is O=C(O)COc1ncccc1F. The van der Waals surface area contributed by atoms with E-state index in [0.29, 0.717) is 0 Å². The van der Waals surface area contributed by atoms with E-state index in [-0.39, 0.29) is 5.88 Å². The summed E-state index contributed by atoms with van der Waals surface area (Å²) >= 11 is 0. The minimum atomic E-state index is -1.17. The molecule has 0 saturated carbocycles. The third kappa shape index (κ3) is 2.19. The number of aromatic nitrogens is 1. The van der Waals surface area contributed by atoms with Crippen LogP contribution in [-0.2, 0) is 4.79 Å². The van der Waals surface area contributed by atoms with Crippen LogP contribution in [0.5, 0.6) is 5.88 Å². The van der Waals surface area contributed by atoms with Crippen LogP contribution in [-0.4, -0.2) is 22.7 Å². The fraction of sp³-hybridized carbons (Fsp3) is 0.143. The Morgan fingerprint density at radius 3 is 3.08 bits per heavy atom. The highest BCUT2D eigenvalue weighted by Gasteiger charge is 2.04. The average molecular weight is 171 g/mol. The summed E-state index contributed by atoms with van der Waals surface area (Å²) in [7, 11) is 0. The fourth-order valence-corrected chi connectivity index (χ4v) is 0.608. The molecule has 4 nitrogen and oxygen atoms in total. The van der Waals surface area contributed by atoms with Crippen molar-refractivity contribution >= 4 is 5.97 Å². The maximum atomic E-state index is 12.7. The molecule has 1 N–H and O–H groups in total. The zero-order valence-electron chi connectivity index (χ0n) is 6.03. The lowest BCUT2D eigenvalue weighted by Gasteiger charge is -2.00. The molecule has 0 spiro atoms. The summed E-state index contributed by atoms with van der Waals surface area (Å²) in [6, 6.07) is 2.53. The number of nitrogens with zero attached hydrogens (tertiary/aromatic N) is 1. The Morgan fingerprint density at radius 1 is 1.75 bits per heavy atom. The second-order valence-corrected chi connectivity index (χ2v) is 1.97. The molecule has 1 aromatic heterocycles. The molecule has 0 saturated heterocycles. The van der Waals surface area contributed by atoms with Crippen LogP contribution >= 0.6 is 0 Å². The first-order valence-electron chi connectivity index (χ1n) is 3.15. The highest BCUT2D eigenvalue weighted by molar-refractivity contribution is 5.68. The van der Waals surface area contributed by atoms with E-state index in [0.717, 1.165) is 6.07 Å². The Labute approximate surface area is 67.6 Å². The number of carbonyl (C=O) groups is 1. The fourth-order valence-electron chi connectivity index (χ4n) is 0.608. The first-order chi connectivity index (χ1) is 5.70. The molecule has 0 aliphatic carbocycles. The van der Waals surface area contributed by atoms with Gasteiger partial charge in [-0.2, -0.15) is 0 Å². The van der Waals surface area contributed by atoms with Gasteiger partial charge in [-0.25, -0.2) is 14.2 Å². The summed E-state index contributed by atoms with van der Waals surface area (Å²) in [4.78, 5) is 13.5. The minimum Gasteiger partial charge on any atom is -0.479 e. The monoisotopic (exact) mass is 171 g/mol. The number of halogens is 1. The lowest BCUT2D eigenvalue weighted by atomic mass is 10.5. The molecule has 0 aliphatic rings. The summed E-state index contributed by atoms with van der Waals surface area (Å²) in [5.41, 5.74) is 0. The zero-order chi connectivity index (χ0) is 8.97. The Balaban J connectivity index is 2.63. The van der Waals surface area contributed by atoms with Crippen molar-refractivity contribution in [1.82, 2.24) is 4.98 Å². The highest BCUT2D eigenvalue weighted by Crippen LogP contribution is 2.10. The molecule has 0 amide bonds. The summed E-state index contributed by atoms with van der Waals surface area (Å²) in [6.45, 7) is -0.589. The lowest BCUT2D eigenvalue weighted by molar-refractivity contribution is -0.139. The molecule has 1 heterocycles. The van der Waals surface area contributed by atoms with Gasteiger partial charge in [0.2, 0.25) is 0 Å². The van der Waals surface area contributed by atoms with Crippen LogP contribution < -0.4 is 4.74 Å². The van der Waals surface area contributed by atoms with E-state index in [1.165, 1.54) is 12.3 Å². The Hall–Kier alpha value is -1.65. The average Bonchev–Trinajstić information content (AvgIpc) is 2.03. The van der Waals surface area contributed by atoms with Crippen LogP contribution in [0.3, 0.4) is 0 Å². The molecule has 0 unspecified atom stereocenters. The van der Waals surface area contributed by atoms with Crippen molar-refractivity contribution < 1.29 is 19.0 Å². The molecule has 0 aromatic carbocycles. The third-order valence-electron chi connectivity index (χ3n) is 1.06. The number of hydrogen-bond acceptors (Lipinski definition) is 3. The van der Waals surface area contributed by atoms with Gasteiger partial charge in [0.15, 0.2) is 12.4 Å². The maximum Gasteiger partial charge on any atom is 0.341 e. The van der Waals surface area contributed by atoms with E-state index >= 15 is 0 Å². The first kappa shape index (κ1) is 8.45. The summed E-state index contributed by atoms with van der Waals surface area (Å²) in [6.07, 6.45) is 1.32. The molecule has 5 heteroatoms. The standard InChI is InChI=1S/C7H6FNO3/c8-5-2-1-3-9-7(5)12-4-6(10)11/h1-3H,4H2,(H,10,11). The van der Waals surface area contributed by atoms with Crippen molar-refractivity contribution in [3.63, 3.8) is 0 Å². The smallest absolute Gasteiger partial charge is 0.341 e. The second-order valence-electron chi connectivity index (χ2n) is 1.97. The largest absolute Gasteiger partial charge is 0.479 e. The van der Waals surface area contributed by atoms with Crippen LogP contribution in [0.4, 0.5) is 4.39 Å². The van der Waals surface area contributed by atoms with E-state index in [9.17, 15) is 9.18 Å². The summed E-state index contributed by atoms with van der Waals surface area (Å²) in [5, 5.41) is 8.19. The van der Waals surface area contributed by atoms with Crippen molar-refractivity contribution in [2.45, 2.75) is 0 Å². The van der Waals surface area contributed by atoms with E-state index in [1.807, 2.05) is 0 Å². The van der Waals surface area contributed by atoms with E-state index in [4.69, 9.17) is 5.11 Å². The maximum absolute atomic E-state index is 12.7. The Bertz CT molecular complexity index is 290. The molecule has 0 fully saturated rings. The van der Waals surface area contributed by atoms with E-state index in [1.54, 1.807) is 0 Å². The van der Waals surface area contributed by atoms with Crippen molar-refractivity contribution in [1.29, 1.82) is 0 Å². The molecule has 12 heavy (non-hydrogen) atoms. The van der Waals surface area contributed by atoms with Crippen LogP contribution in [0.2, 0.25) is 0 Å². The molecule has 0 atom stereocenters. The van der Waals surface area contributed by atoms with E-state index < -0.39 is 18.4 Å². The van der Waals surface area contributed by atoms with Crippen molar-refractivity contribution in [3.8, 4) is 5.88 Å². The molecular weight excluding hydrogens is 165 g/mol. The molecule has 0 aliphatic heterocycles. The van der Waals surface area contributed by atoms with Gasteiger partial charge in [-0.1, -0.05) is 0 Å². The topological polar surface area (TPSA) is 59.4 Å². The van der Waals surface area contributed by atoms with Gasteiger partial charge in [-0.3, -0.25) is 0 Å². The Kier molecular flexibility index (Phi) is 2.57. The van der Waals surface area contributed by atoms with Gasteiger partial charge < -0.3 is 9.84 Å². The van der Waals surface area contributed by atoms with E-state index in [2.05, 4.69) is 9.72 Å².